The first kappa shape index (κ1) is 11.2. The summed E-state index contributed by atoms with van der Waals surface area (Å²) in [6, 6.07) is 0. The van der Waals surface area contributed by atoms with Crippen LogP contribution < -0.4 is 5.73 Å². The van der Waals surface area contributed by atoms with Crippen LogP contribution in [-0.4, -0.2) is 16.1 Å². The Bertz CT molecular complexity index is 242. The molecule has 0 radical (unpaired) electrons. The van der Waals surface area contributed by atoms with Crippen LogP contribution >= 0.6 is 0 Å². The second kappa shape index (κ2) is 6.60. The van der Waals surface area contributed by atoms with Crippen LogP contribution in [0.2, 0.25) is 0 Å². The summed E-state index contributed by atoms with van der Waals surface area (Å²) < 4.78 is 2.26. The molecule has 0 saturated carbocycles. The molecule has 0 amide bonds. The van der Waals surface area contributed by atoms with E-state index in [1.165, 1.54) is 25.1 Å². The molecule has 3 heteroatoms. The lowest BCUT2D eigenvalue weighted by Gasteiger charge is -2.06. The van der Waals surface area contributed by atoms with E-state index >= 15 is 0 Å². The summed E-state index contributed by atoms with van der Waals surface area (Å²) in [6.45, 7) is 4.09. The Kier molecular flexibility index (Phi) is 5.30. The van der Waals surface area contributed by atoms with Gasteiger partial charge in [-0.15, -0.1) is 0 Å². The van der Waals surface area contributed by atoms with E-state index in [0.717, 1.165) is 25.9 Å². The Balaban J connectivity index is 2.30. The highest BCUT2D eigenvalue weighted by atomic mass is 15.1. The minimum absolute atomic E-state index is 0.811. The molecule has 0 unspecified atom stereocenters. The number of aryl methyl sites for hydroxylation is 2. The van der Waals surface area contributed by atoms with Crippen LogP contribution in [-0.2, 0) is 13.0 Å². The molecule has 14 heavy (non-hydrogen) atoms. The van der Waals surface area contributed by atoms with Crippen LogP contribution in [0.25, 0.3) is 0 Å². The van der Waals surface area contributed by atoms with E-state index in [1.807, 2.05) is 6.20 Å². The van der Waals surface area contributed by atoms with Gasteiger partial charge in [0.15, 0.2) is 0 Å². The average Bonchev–Trinajstić information content (AvgIpc) is 2.61. The van der Waals surface area contributed by atoms with Crippen molar-refractivity contribution in [2.24, 2.45) is 5.73 Å². The largest absolute Gasteiger partial charge is 0.335 e. The van der Waals surface area contributed by atoms with E-state index in [0.29, 0.717) is 0 Å². The molecule has 0 aliphatic heterocycles. The maximum Gasteiger partial charge on any atom is 0.108 e. The normalized spacial score (nSPS) is 10.7. The third kappa shape index (κ3) is 3.50. The van der Waals surface area contributed by atoms with Crippen molar-refractivity contribution in [1.29, 1.82) is 0 Å². The minimum Gasteiger partial charge on any atom is -0.335 e. The SMILES string of the molecule is CCCc1nccn1CCCCCN. The number of nitrogens with zero attached hydrogens (tertiary/aromatic N) is 2. The number of aromatic nitrogens is 2. The highest BCUT2D eigenvalue weighted by Crippen LogP contribution is 2.04. The summed E-state index contributed by atoms with van der Waals surface area (Å²) in [4.78, 5) is 4.34. The summed E-state index contributed by atoms with van der Waals surface area (Å²) in [7, 11) is 0. The van der Waals surface area contributed by atoms with E-state index in [9.17, 15) is 0 Å². The van der Waals surface area contributed by atoms with Gasteiger partial charge in [-0.25, -0.2) is 4.98 Å². The third-order valence-electron chi connectivity index (χ3n) is 2.38. The second-order valence-electron chi connectivity index (χ2n) is 3.64. The smallest absolute Gasteiger partial charge is 0.108 e. The van der Waals surface area contributed by atoms with E-state index < -0.39 is 0 Å². The first-order valence-electron chi connectivity index (χ1n) is 5.58. The van der Waals surface area contributed by atoms with Gasteiger partial charge in [-0.1, -0.05) is 13.3 Å². The van der Waals surface area contributed by atoms with Crippen LogP contribution in [0.4, 0.5) is 0 Å². The van der Waals surface area contributed by atoms with Gasteiger partial charge in [-0.05, 0) is 25.8 Å². The van der Waals surface area contributed by atoms with Gasteiger partial charge < -0.3 is 10.3 Å². The van der Waals surface area contributed by atoms with Crippen LogP contribution in [0, 0.1) is 0 Å². The summed E-state index contributed by atoms with van der Waals surface area (Å²) in [5, 5.41) is 0. The summed E-state index contributed by atoms with van der Waals surface area (Å²) in [5.41, 5.74) is 5.45. The van der Waals surface area contributed by atoms with Crippen molar-refractivity contribution < 1.29 is 0 Å². The van der Waals surface area contributed by atoms with Crippen LogP contribution in [0.5, 0.6) is 0 Å². The van der Waals surface area contributed by atoms with Gasteiger partial charge in [0.25, 0.3) is 0 Å². The lowest BCUT2D eigenvalue weighted by Crippen LogP contribution is -2.04. The Morgan fingerprint density at radius 3 is 2.93 bits per heavy atom. The van der Waals surface area contributed by atoms with Crippen molar-refractivity contribution in [2.75, 3.05) is 6.54 Å². The minimum atomic E-state index is 0.811. The zero-order chi connectivity index (χ0) is 10.2. The number of unbranched alkanes of at least 4 members (excludes halogenated alkanes) is 2. The Labute approximate surface area is 86.3 Å². The molecule has 2 N–H and O–H groups in total. The average molecular weight is 195 g/mol. The van der Waals surface area contributed by atoms with Crippen LogP contribution in [0.15, 0.2) is 12.4 Å². The summed E-state index contributed by atoms with van der Waals surface area (Å²) in [6.07, 6.45) is 9.80. The first-order chi connectivity index (χ1) is 6.88. The van der Waals surface area contributed by atoms with Crippen molar-refractivity contribution in [3.8, 4) is 0 Å². The third-order valence-corrected chi connectivity index (χ3v) is 2.38. The number of hydrogen-bond acceptors (Lipinski definition) is 2. The van der Waals surface area contributed by atoms with Crippen LogP contribution in [0.1, 0.15) is 38.4 Å². The zero-order valence-corrected chi connectivity index (χ0v) is 9.08. The molecule has 0 aliphatic carbocycles. The number of hydrogen-bond donors (Lipinski definition) is 1. The van der Waals surface area contributed by atoms with E-state index in [1.54, 1.807) is 0 Å². The molecular weight excluding hydrogens is 174 g/mol. The van der Waals surface area contributed by atoms with E-state index in [4.69, 9.17) is 5.73 Å². The number of imidazole rings is 1. The van der Waals surface area contributed by atoms with Gasteiger partial charge in [0.1, 0.15) is 5.82 Å². The lowest BCUT2D eigenvalue weighted by molar-refractivity contribution is 0.569. The van der Waals surface area contributed by atoms with Gasteiger partial charge in [-0.2, -0.15) is 0 Å². The Morgan fingerprint density at radius 1 is 1.36 bits per heavy atom. The molecule has 1 aromatic rings. The maximum absolute atomic E-state index is 5.45. The summed E-state index contributed by atoms with van der Waals surface area (Å²) >= 11 is 0. The molecule has 0 atom stereocenters. The predicted molar refractivity (Wildman–Crippen MR) is 59.1 cm³/mol. The highest BCUT2D eigenvalue weighted by Gasteiger charge is 2.00. The van der Waals surface area contributed by atoms with Crippen molar-refractivity contribution in [3.05, 3.63) is 18.2 Å². The standard InChI is InChI=1S/C11H21N3/c1-2-6-11-13-8-10-14(11)9-5-3-4-7-12/h8,10H,2-7,9,12H2,1H3. The molecule has 0 aliphatic rings. The van der Waals surface area contributed by atoms with Crippen molar-refractivity contribution in [2.45, 2.75) is 45.6 Å². The molecule has 1 aromatic heterocycles. The quantitative estimate of drug-likeness (QED) is 0.676. The molecule has 0 bridgehead atoms. The van der Waals surface area contributed by atoms with Gasteiger partial charge >= 0.3 is 0 Å². The lowest BCUT2D eigenvalue weighted by atomic mass is 10.2. The second-order valence-corrected chi connectivity index (χ2v) is 3.64. The molecular formula is C11H21N3. The Morgan fingerprint density at radius 2 is 2.21 bits per heavy atom. The molecule has 0 spiro atoms. The molecule has 80 valence electrons. The molecule has 1 heterocycles. The molecule has 0 saturated heterocycles. The topological polar surface area (TPSA) is 43.8 Å². The predicted octanol–water partition coefficient (Wildman–Crippen LogP) is 1.96. The highest BCUT2D eigenvalue weighted by molar-refractivity contribution is 4.92. The fourth-order valence-corrected chi connectivity index (χ4v) is 1.60. The fraction of sp³-hybridized carbons (Fsp3) is 0.727. The number of rotatable bonds is 7. The van der Waals surface area contributed by atoms with E-state index in [-0.39, 0.29) is 0 Å². The molecule has 0 fully saturated rings. The fourth-order valence-electron chi connectivity index (χ4n) is 1.60. The van der Waals surface area contributed by atoms with Gasteiger partial charge in [-0.3, -0.25) is 0 Å². The van der Waals surface area contributed by atoms with Gasteiger partial charge in [0.05, 0.1) is 0 Å². The van der Waals surface area contributed by atoms with Crippen LogP contribution in [0.3, 0.4) is 0 Å². The zero-order valence-electron chi connectivity index (χ0n) is 9.08. The van der Waals surface area contributed by atoms with Gasteiger partial charge in [0, 0.05) is 25.4 Å². The van der Waals surface area contributed by atoms with Gasteiger partial charge in [0.2, 0.25) is 0 Å². The van der Waals surface area contributed by atoms with Crippen molar-refractivity contribution >= 4 is 0 Å². The van der Waals surface area contributed by atoms with Crippen molar-refractivity contribution in [3.63, 3.8) is 0 Å². The number of nitrogens with two attached hydrogens (primary N) is 1. The monoisotopic (exact) mass is 195 g/mol. The first-order valence-corrected chi connectivity index (χ1v) is 5.58. The van der Waals surface area contributed by atoms with Crippen molar-refractivity contribution in [1.82, 2.24) is 9.55 Å². The maximum atomic E-state index is 5.45. The van der Waals surface area contributed by atoms with E-state index in [2.05, 4.69) is 22.7 Å². The molecule has 0 aromatic carbocycles. The molecule has 1 rings (SSSR count). The summed E-state index contributed by atoms with van der Waals surface area (Å²) in [5.74, 6) is 1.22. The molecule has 3 nitrogen and oxygen atoms in total. The Hall–Kier alpha value is -0.830.